The molecule has 1 saturated carbocycles. The molecule has 0 nitrogen and oxygen atoms in total. The van der Waals surface area contributed by atoms with Gasteiger partial charge >= 0.3 is 0 Å². The SMILES string of the molecule is BC(C)C1CC(CC)CCC1C. The van der Waals surface area contributed by atoms with Crippen LogP contribution in [-0.2, 0) is 0 Å². The van der Waals surface area contributed by atoms with E-state index in [0.717, 1.165) is 23.6 Å². The lowest BCUT2D eigenvalue weighted by Gasteiger charge is -2.36. The normalized spacial score (nSPS) is 39.4. The summed E-state index contributed by atoms with van der Waals surface area (Å²) in [5.74, 6) is 3.92. The Bertz CT molecular complexity index is 131. The van der Waals surface area contributed by atoms with Crippen LogP contribution in [0.25, 0.3) is 0 Å². The van der Waals surface area contributed by atoms with Crippen molar-refractivity contribution in [1.29, 1.82) is 0 Å². The number of hydrogen-bond acceptors (Lipinski definition) is 0. The molecule has 1 aliphatic rings. The summed E-state index contributed by atoms with van der Waals surface area (Å²) in [6.07, 6.45) is 5.85. The maximum Gasteiger partial charge on any atom is 0.105 e. The van der Waals surface area contributed by atoms with Crippen molar-refractivity contribution in [3.8, 4) is 0 Å². The van der Waals surface area contributed by atoms with Crippen LogP contribution in [0.2, 0.25) is 5.82 Å². The summed E-state index contributed by atoms with van der Waals surface area (Å²) in [5.41, 5.74) is 0. The summed E-state index contributed by atoms with van der Waals surface area (Å²) in [4.78, 5) is 0. The first-order valence-electron chi connectivity index (χ1n) is 5.65. The molecule has 4 atom stereocenters. The summed E-state index contributed by atoms with van der Waals surface area (Å²) >= 11 is 0. The molecule has 1 fully saturated rings. The van der Waals surface area contributed by atoms with E-state index in [1.54, 1.807) is 0 Å². The van der Waals surface area contributed by atoms with Crippen LogP contribution < -0.4 is 0 Å². The molecule has 0 spiro atoms. The van der Waals surface area contributed by atoms with Crippen molar-refractivity contribution < 1.29 is 0 Å². The van der Waals surface area contributed by atoms with Gasteiger partial charge in [-0.3, -0.25) is 0 Å². The Morgan fingerprint density at radius 2 is 2.08 bits per heavy atom. The van der Waals surface area contributed by atoms with Crippen molar-refractivity contribution in [3.05, 3.63) is 0 Å². The van der Waals surface area contributed by atoms with Gasteiger partial charge in [0.15, 0.2) is 0 Å². The molecule has 0 radical (unpaired) electrons. The van der Waals surface area contributed by atoms with Gasteiger partial charge in [0.1, 0.15) is 7.85 Å². The summed E-state index contributed by atoms with van der Waals surface area (Å²) in [7, 11) is 2.39. The lowest BCUT2D eigenvalue weighted by molar-refractivity contribution is 0.185. The first-order chi connectivity index (χ1) is 5.65. The first-order valence-corrected chi connectivity index (χ1v) is 5.65. The highest BCUT2D eigenvalue weighted by atomic mass is 14.3. The van der Waals surface area contributed by atoms with Crippen LogP contribution in [0.3, 0.4) is 0 Å². The number of rotatable bonds is 2. The molecule has 0 heterocycles. The molecule has 1 aliphatic carbocycles. The fraction of sp³-hybridized carbons (Fsp3) is 1.00. The van der Waals surface area contributed by atoms with Crippen LogP contribution in [0, 0.1) is 17.8 Å². The van der Waals surface area contributed by atoms with E-state index >= 15 is 0 Å². The van der Waals surface area contributed by atoms with Gasteiger partial charge in [0, 0.05) is 0 Å². The minimum atomic E-state index is 0.898. The Morgan fingerprint density at radius 3 is 2.58 bits per heavy atom. The summed E-state index contributed by atoms with van der Waals surface area (Å²) in [6, 6.07) is 0. The van der Waals surface area contributed by atoms with E-state index in [-0.39, 0.29) is 0 Å². The molecule has 0 N–H and O–H groups in total. The third kappa shape index (κ3) is 2.28. The fourth-order valence-electron chi connectivity index (χ4n) is 2.75. The van der Waals surface area contributed by atoms with E-state index in [1.807, 2.05) is 0 Å². The predicted molar refractivity (Wildman–Crippen MR) is 58.3 cm³/mol. The maximum absolute atomic E-state index is 2.44. The standard InChI is InChI=1S/C11H23B/c1-4-10-6-5-8(2)11(7-10)9(3)12/h8-11H,4-7,12H2,1-3H3. The van der Waals surface area contributed by atoms with Gasteiger partial charge in [-0.2, -0.15) is 0 Å². The smallest absolute Gasteiger partial charge is 0.0695 e. The highest BCUT2D eigenvalue weighted by molar-refractivity contribution is 6.11. The van der Waals surface area contributed by atoms with Gasteiger partial charge < -0.3 is 0 Å². The quantitative estimate of drug-likeness (QED) is 0.553. The van der Waals surface area contributed by atoms with Gasteiger partial charge in [-0.15, -0.1) is 0 Å². The Labute approximate surface area is 78.5 Å². The molecule has 12 heavy (non-hydrogen) atoms. The Hall–Kier alpha value is 0.0649. The summed E-state index contributed by atoms with van der Waals surface area (Å²) < 4.78 is 0. The highest BCUT2D eigenvalue weighted by Crippen LogP contribution is 2.40. The van der Waals surface area contributed by atoms with Crippen molar-refractivity contribution in [1.82, 2.24) is 0 Å². The minimum Gasteiger partial charge on any atom is -0.0695 e. The monoisotopic (exact) mass is 166 g/mol. The zero-order chi connectivity index (χ0) is 9.14. The molecular weight excluding hydrogens is 143 g/mol. The maximum atomic E-state index is 2.44. The van der Waals surface area contributed by atoms with Gasteiger partial charge in [-0.05, 0) is 24.2 Å². The molecule has 1 heteroatoms. The third-order valence-corrected chi connectivity index (χ3v) is 3.80. The Balaban J connectivity index is 2.47. The topological polar surface area (TPSA) is 0 Å². The Morgan fingerprint density at radius 1 is 1.42 bits per heavy atom. The predicted octanol–water partition coefficient (Wildman–Crippen LogP) is 2.89. The van der Waals surface area contributed by atoms with E-state index in [9.17, 15) is 0 Å². The van der Waals surface area contributed by atoms with Gasteiger partial charge in [-0.1, -0.05) is 45.9 Å². The zero-order valence-electron chi connectivity index (χ0n) is 9.14. The van der Waals surface area contributed by atoms with Crippen LogP contribution >= 0.6 is 0 Å². The first kappa shape index (κ1) is 10.1. The average molecular weight is 166 g/mol. The summed E-state index contributed by atoms with van der Waals surface area (Å²) in [6.45, 7) is 7.17. The van der Waals surface area contributed by atoms with Crippen LogP contribution in [0.5, 0.6) is 0 Å². The molecule has 0 saturated heterocycles. The molecule has 4 unspecified atom stereocenters. The average Bonchev–Trinajstić information content (AvgIpc) is 2.05. The van der Waals surface area contributed by atoms with E-state index in [1.165, 1.54) is 25.7 Å². The van der Waals surface area contributed by atoms with E-state index < -0.39 is 0 Å². The highest BCUT2D eigenvalue weighted by Gasteiger charge is 2.28. The molecule has 1 rings (SSSR count). The lowest BCUT2D eigenvalue weighted by atomic mass is 9.64. The van der Waals surface area contributed by atoms with Crippen LogP contribution in [0.4, 0.5) is 0 Å². The molecule has 0 bridgehead atoms. The van der Waals surface area contributed by atoms with Gasteiger partial charge in [0.25, 0.3) is 0 Å². The van der Waals surface area contributed by atoms with Crippen molar-refractivity contribution in [2.45, 2.75) is 52.3 Å². The van der Waals surface area contributed by atoms with Gasteiger partial charge in [-0.25, -0.2) is 0 Å². The Kier molecular flexibility index (Phi) is 3.67. The second-order valence-corrected chi connectivity index (χ2v) is 4.97. The van der Waals surface area contributed by atoms with Crippen LogP contribution in [-0.4, -0.2) is 7.85 Å². The van der Waals surface area contributed by atoms with Crippen molar-refractivity contribution in [2.75, 3.05) is 0 Å². The molecule has 0 aromatic rings. The second-order valence-electron chi connectivity index (χ2n) is 4.97. The summed E-state index contributed by atoms with van der Waals surface area (Å²) in [5, 5.41) is 0. The zero-order valence-corrected chi connectivity index (χ0v) is 9.14. The van der Waals surface area contributed by atoms with Gasteiger partial charge in [0.2, 0.25) is 0 Å². The van der Waals surface area contributed by atoms with E-state index in [2.05, 4.69) is 28.6 Å². The number of hydrogen-bond donors (Lipinski definition) is 0. The largest absolute Gasteiger partial charge is 0.105 e. The van der Waals surface area contributed by atoms with Crippen molar-refractivity contribution in [2.24, 2.45) is 17.8 Å². The second kappa shape index (κ2) is 4.34. The molecule has 70 valence electrons. The third-order valence-electron chi connectivity index (χ3n) is 3.80. The van der Waals surface area contributed by atoms with E-state index in [0.29, 0.717) is 0 Å². The molecule has 0 amide bonds. The fourth-order valence-corrected chi connectivity index (χ4v) is 2.75. The van der Waals surface area contributed by atoms with Crippen molar-refractivity contribution in [3.63, 3.8) is 0 Å². The van der Waals surface area contributed by atoms with Crippen LogP contribution in [0.15, 0.2) is 0 Å². The van der Waals surface area contributed by atoms with Gasteiger partial charge in [0.05, 0.1) is 0 Å². The van der Waals surface area contributed by atoms with E-state index in [4.69, 9.17) is 0 Å². The minimum absolute atomic E-state index is 0.898. The van der Waals surface area contributed by atoms with Crippen LogP contribution in [0.1, 0.15) is 46.5 Å². The van der Waals surface area contributed by atoms with Crippen molar-refractivity contribution >= 4 is 7.85 Å². The molecular formula is C11H23B. The molecule has 0 aromatic heterocycles. The molecule has 0 aliphatic heterocycles. The molecule has 0 aromatic carbocycles. The lowest BCUT2D eigenvalue weighted by Crippen LogP contribution is -2.25.